The van der Waals surface area contributed by atoms with Gasteiger partial charge in [-0.2, -0.15) is 26.3 Å². The third kappa shape index (κ3) is 8.72. The van der Waals surface area contributed by atoms with Crippen LogP contribution in [0.1, 0.15) is 27.8 Å². The van der Waals surface area contributed by atoms with Gasteiger partial charge in [0.25, 0.3) is 0 Å². The number of fused-ring (bicyclic) bond motifs is 6. The fourth-order valence-electron chi connectivity index (χ4n) is 11.7. The lowest BCUT2D eigenvalue weighted by Crippen LogP contribution is -2.06. The monoisotopic (exact) mass is 1070 g/mol. The number of nitrogens with zero attached hydrogens (tertiary/aromatic N) is 9. The van der Waals surface area contributed by atoms with Crippen molar-refractivity contribution in [2.45, 2.75) is 0 Å². The van der Waals surface area contributed by atoms with E-state index in [-0.39, 0.29) is 0 Å². The van der Waals surface area contributed by atoms with Crippen LogP contribution in [0.2, 0.25) is 0 Å². The molecule has 0 radical (unpaired) electrons. The van der Waals surface area contributed by atoms with Crippen molar-refractivity contribution in [1.29, 1.82) is 26.3 Å². The van der Waals surface area contributed by atoms with Gasteiger partial charge in [0.15, 0.2) is 5.82 Å². The van der Waals surface area contributed by atoms with E-state index in [0.717, 1.165) is 111 Å². The zero-order chi connectivity index (χ0) is 56.8. The second kappa shape index (κ2) is 20.7. The fraction of sp³-hybridized carbons (Fsp3) is 0. The van der Waals surface area contributed by atoms with E-state index in [0.29, 0.717) is 50.6 Å². The first-order chi connectivity index (χ1) is 41.4. The van der Waals surface area contributed by atoms with Crippen molar-refractivity contribution in [2.24, 2.45) is 0 Å². The molecule has 0 aliphatic rings. The quantitative estimate of drug-likeness (QED) is 0.139. The maximum absolute atomic E-state index is 12.1. The third-order valence-electron chi connectivity index (χ3n) is 15.6. The van der Waals surface area contributed by atoms with Crippen molar-refractivity contribution in [3.63, 3.8) is 0 Å². The highest BCUT2D eigenvalue weighted by molar-refractivity contribution is 6.14. The Balaban J connectivity index is 1.10. The Morgan fingerprint density at radius 1 is 0.250 bits per heavy atom. The summed E-state index contributed by atoms with van der Waals surface area (Å²) in [6.07, 6.45) is 0. The molecule has 0 saturated carbocycles. The molecular formula is C75H41N9. The van der Waals surface area contributed by atoms with Crippen LogP contribution in [0.15, 0.2) is 249 Å². The highest BCUT2D eigenvalue weighted by Gasteiger charge is 2.25. The van der Waals surface area contributed by atoms with Gasteiger partial charge in [-0.1, -0.05) is 133 Å². The fourth-order valence-corrected chi connectivity index (χ4v) is 11.7. The lowest BCUT2D eigenvalue weighted by atomic mass is 9.99. The predicted molar refractivity (Wildman–Crippen MR) is 332 cm³/mol. The minimum Gasteiger partial charge on any atom is -0.308 e. The molecule has 0 N–H and O–H groups in total. The number of nitriles is 5. The molecule has 84 heavy (non-hydrogen) atoms. The van der Waals surface area contributed by atoms with E-state index in [1.54, 1.807) is 24.3 Å². The lowest BCUT2D eigenvalue weighted by molar-refractivity contribution is 1.11. The van der Waals surface area contributed by atoms with E-state index in [9.17, 15) is 26.3 Å². The molecule has 0 atom stereocenters. The van der Waals surface area contributed by atoms with Crippen LogP contribution in [0.25, 0.3) is 133 Å². The molecule has 14 aromatic rings. The molecule has 386 valence electrons. The molecule has 3 heterocycles. The normalized spacial score (nSPS) is 11.0. The van der Waals surface area contributed by atoms with Gasteiger partial charge < -0.3 is 9.13 Å². The summed E-state index contributed by atoms with van der Waals surface area (Å²) in [6.45, 7) is 0. The molecule has 9 heteroatoms. The number of benzene rings is 11. The zero-order valence-electron chi connectivity index (χ0n) is 44.7. The Bertz CT molecular complexity index is 4720. The van der Waals surface area contributed by atoms with E-state index in [1.807, 2.05) is 152 Å². The topological polar surface area (TPSA) is 155 Å². The first kappa shape index (κ1) is 49.8. The molecule has 0 spiro atoms. The van der Waals surface area contributed by atoms with Crippen molar-refractivity contribution in [2.75, 3.05) is 0 Å². The molecule has 14 rings (SSSR count). The highest BCUT2D eigenvalue weighted by atomic mass is 15.0. The van der Waals surface area contributed by atoms with E-state index in [1.165, 1.54) is 0 Å². The van der Waals surface area contributed by atoms with Gasteiger partial charge in [-0.25, -0.2) is 9.97 Å². The van der Waals surface area contributed by atoms with Crippen molar-refractivity contribution in [3.8, 4) is 120 Å². The predicted octanol–water partition coefficient (Wildman–Crippen LogP) is 17.7. The molecular weight excluding hydrogens is 1030 g/mol. The van der Waals surface area contributed by atoms with Crippen LogP contribution in [-0.4, -0.2) is 19.1 Å². The van der Waals surface area contributed by atoms with E-state index < -0.39 is 0 Å². The molecule has 11 aromatic carbocycles. The van der Waals surface area contributed by atoms with Crippen molar-refractivity contribution in [3.05, 3.63) is 277 Å². The minimum atomic E-state index is 0.382. The number of hydrogen-bond acceptors (Lipinski definition) is 7. The largest absolute Gasteiger partial charge is 0.308 e. The zero-order valence-corrected chi connectivity index (χ0v) is 44.7. The summed E-state index contributed by atoms with van der Waals surface area (Å²) in [5.74, 6) is 0.447. The van der Waals surface area contributed by atoms with Crippen molar-refractivity contribution in [1.82, 2.24) is 19.1 Å². The Hall–Kier alpha value is -12.5. The Morgan fingerprint density at radius 3 is 0.845 bits per heavy atom. The molecule has 0 fully saturated rings. The summed E-state index contributed by atoms with van der Waals surface area (Å²) in [4.78, 5) is 10.8. The first-order valence-electron chi connectivity index (χ1n) is 27.1. The van der Waals surface area contributed by atoms with Gasteiger partial charge in [-0.3, -0.25) is 0 Å². The Labute approximate surface area is 483 Å². The van der Waals surface area contributed by atoms with Crippen LogP contribution in [-0.2, 0) is 0 Å². The average Bonchev–Trinajstić information content (AvgIpc) is 2.40. The van der Waals surface area contributed by atoms with Gasteiger partial charge in [0, 0.05) is 38.2 Å². The number of aromatic nitrogens is 4. The van der Waals surface area contributed by atoms with Gasteiger partial charge in [0.1, 0.15) is 11.6 Å². The number of hydrogen-bond donors (Lipinski definition) is 0. The summed E-state index contributed by atoms with van der Waals surface area (Å²) in [5, 5.41) is 55.6. The molecule has 0 aliphatic carbocycles. The first-order valence-corrected chi connectivity index (χ1v) is 27.1. The molecule has 0 bridgehead atoms. The molecule has 0 amide bonds. The second-order valence-electron chi connectivity index (χ2n) is 20.6. The standard InChI is InChI=1S/C75H41N9/c76-42-47-11-7-19-53(31-47)57-23-27-69-62(35-57)63-36-58(54-20-8-12-48(32-54)43-77)24-28-70(63)83(69)73-39-61(75-81-67(51-15-3-1-4-16-51)41-68(82-75)52-17-5-2-6-18-52)40-74(66(73)46-80)84-71-29-25-59(55-21-9-13-49(33-55)44-78)37-64(71)65-38-60(26-30-72(65)84)56-22-10-14-50(34-56)45-79/h1-41H. The maximum atomic E-state index is 12.1. The van der Waals surface area contributed by atoms with Gasteiger partial charge in [-0.05, 0) is 160 Å². The van der Waals surface area contributed by atoms with Crippen LogP contribution < -0.4 is 0 Å². The lowest BCUT2D eigenvalue weighted by Gasteiger charge is -2.19. The number of rotatable bonds is 9. The van der Waals surface area contributed by atoms with E-state index in [2.05, 4.69) is 112 Å². The van der Waals surface area contributed by atoms with Gasteiger partial charge in [0.05, 0.1) is 91.4 Å². The molecule has 9 nitrogen and oxygen atoms in total. The summed E-state index contributed by atoms with van der Waals surface area (Å²) in [5.41, 5.74) is 18.2. The van der Waals surface area contributed by atoms with E-state index in [4.69, 9.17) is 9.97 Å². The Kier molecular flexibility index (Phi) is 12.2. The van der Waals surface area contributed by atoms with Crippen LogP contribution in [0.5, 0.6) is 0 Å². The molecule has 0 saturated heterocycles. The van der Waals surface area contributed by atoms with Crippen LogP contribution in [0, 0.1) is 56.7 Å². The van der Waals surface area contributed by atoms with Crippen LogP contribution in [0.4, 0.5) is 0 Å². The SMILES string of the molecule is N#Cc1cccc(-c2ccc3c(c2)c2cc(-c4cccc(C#N)c4)ccc2n3-c2cc(-c3nc(-c4ccccc4)cc(-c4ccccc4)n3)cc(-n3c4ccc(-c5cccc(C#N)c5)cc4c4cc(-c5cccc(C#N)c5)ccc43)c2C#N)c1. The van der Waals surface area contributed by atoms with Gasteiger partial charge in [-0.15, -0.1) is 0 Å². The smallest absolute Gasteiger partial charge is 0.160 e. The van der Waals surface area contributed by atoms with Gasteiger partial charge in [0.2, 0.25) is 0 Å². The highest BCUT2D eigenvalue weighted by Crippen LogP contribution is 2.44. The average molecular weight is 1070 g/mol. The van der Waals surface area contributed by atoms with Crippen LogP contribution in [0.3, 0.4) is 0 Å². The molecule has 3 aromatic heterocycles. The maximum Gasteiger partial charge on any atom is 0.160 e. The second-order valence-corrected chi connectivity index (χ2v) is 20.6. The van der Waals surface area contributed by atoms with Crippen molar-refractivity contribution >= 4 is 43.6 Å². The summed E-state index contributed by atoms with van der Waals surface area (Å²) in [7, 11) is 0. The van der Waals surface area contributed by atoms with Crippen LogP contribution >= 0.6 is 0 Å². The summed E-state index contributed by atoms with van der Waals surface area (Å²) < 4.78 is 4.32. The van der Waals surface area contributed by atoms with E-state index >= 15 is 0 Å². The van der Waals surface area contributed by atoms with Gasteiger partial charge >= 0.3 is 0 Å². The molecule has 0 aliphatic heterocycles. The third-order valence-corrected chi connectivity index (χ3v) is 15.6. The Morgan fingerprint density at radius 2 is 0.548 bits per heavy atom. The molecule has 0 unspecified atom stereocenters. The summed E-state index contributed by atoms with van der Waals surface area (Å²) in [6, 6.07) is 93.6. The van der Waals surface area contributed by atoms with Crippen molar-refractivity contribution < 1.29 is 0 Å². The minimum absolute atomic E-state index is 0.382. The summed E-state index contributed by atoms with van der Waals surface area (Å²) >= 11 is 0.